The van der Waals surface area contributed by atoms with Crippen molar-refractivity contribution in [2.45, 2.75) is 32.7 Å². The molecule has 0 radical (unpaired) electrons. The van der Waals surface area contributed by atoms with Gasteiger partial charge in [-0.25, -0.2) is 4.98 Å². The molecule has 5 heteroatoms. The fourth-order valence-corrected chi connectivity index (χ4v) is 4.36. The van der Waals surface area contributed by atoms with Gasteiger partial charge in [0.15, 0.2) is 0 Å². The molecule has 2 aromatic rings. The SMILES string of the molecule is CCc1cnc(CC(=O)N2C[C@H]3CN(Cc4ccccc4)CC[C@H]3C2)[nH]1. The normalized spacial score (nSPS) is 23.2. The highest BCUT2D eigenvalue weighted by molar-refractivity contribution is 5.78. The Balaban J connectivity index is 1.32. The van der Waals surface area contributed by atoms with Gasteiger partial charge >= 0.3 is 0 Å². The van der Waals surface area contributed by atoms with Crippen molar-refractivity contribution < 1.29 is 4.79 Å². The zero-order chi connectivity index (χ0) is 17.9. The number of fused-ring (bicyclic) bond motifs is 1. The minimum atomic E-state index is 0.214. The number of amides is 1. The van der Waals surface area contributed by atoms with Gasteiger partial charge in [-0.15, -0.1) is 0 Å². The number of benzene rings is 1. The first kappa shape index (κ1) is 17.3. The summed E-state index contributed by atoms with van der Waals surface area (Å²) in [4.78, 5) is 24.9. The number of carbonyl (C=O) groups is 1. The number of aryl methyl sites for hydroxylation is 1. The van der Waals surface area contributed by atoms with Crippen molar-refractivity contribution in [3.8, 4) is 0 Å². The van der Waals surface area contributed by atoms with Crippen LogP contribution in [0.1, 0.15) is 30.4 Å². The third kappa shape index (κ3) is 3.83. The zero-order valence-corrected chi connectivity index (χ0v) is 15.5. The van der Waals surface area contributed by atoms with Gasteiger partial charge in [-0.05, 0) is 36.8 Å². The molecule has 1 amide bonds. The second kappa shape index (κ2) is 7.62. The standard InChI is InChI=1S/C21H28N4O/c1-2-19-11-22-20(23-19)10-21(26)25-14-17-8-9-24(13-18(17)15-25)12-16-6-4-3-5-7-16/h3-7,11,17-18H,2,8-10,12-15H2,1H3,(H,22,23)/t17-,18+/m0/s1. The highest BCUT2D eigenvalue weighted by Gasteiger charge is 2.38. The summed E-state index contributed by atoms with van der Waals surface area (Å²) in [5.74, 6) is 2.28. The Kier molecular flexibility index (Phi) is 5.07. The smallest absolute Gasteiger partial charge is 0.230 e. The number of likely N-dealkylation sites (tertiary alicyclic amines) is 2. The van der Waals surface area contributed by atoms with Crippen molar-refractivity contribution >= 4 is 5.91 Å². The number of nitrogens with zero attached hydrogens (tertiary/aromatic N) is 3. The summed E-state index contributed by atoms with van der Waals surface area (Å²) >= 11 is 0. The maximum absolute atomic E-state index is 12.7. The largest absolute Gasteiger partial charge is 0.345 e. The van der Waals surface area contributed by atoms with Gasteiger partial charge in [0.2, 0.25) is 5.91 Å². The lowest BCUT2D eigenvalue weighted by atomic mass is 9.88. The Morgan fingerprint density at radius 3 is 2.77 bits per heavy atom. The third-order valence-electron chi connectivity index (χ3n) is 5.87. The van der Waals surface area contributed by atoms with Gasteiger partial charge in [-0.3, -0.25) is 9.69 Å². The van der Waals surface area contributed by atoms with Crippen molar-refractivity contribution in [1.82, 2.24) is 19.8 Å². The van der Waals surface area contributed by atoms with E-state index in [2.05, 4.69) is 57.0 Å². The summed E-state index contributed by atoms with van der Waals surface area (Å²) in [5.41, 5.74) is 2.47. The van der Waals surface area contributed by atoms with E-state index in [0.717, 1.165) is 50.7 Å². The minimum Gasteiger partial charge on any atom is -0.345 e. The first-order valence-electron chi connectivity index (χ1n) is 9.78. The summed E-state index contributed by atoms with van der Waals surface area (Å²) in [6.07, 6.45) is 4.36. The second-order valence-electron chi connectivity index (χ2n) is 7.71. The van der Waals surface area contributed by atoms with Crippen LogP contribution < -0.4 is 0 Å². The van der Waals surface area contributed by atoms with E-state index in [-0.39, 0.29) is 5.91 Å². The van der Waals surface area contributed by atoms with E-state index in [1.54, 1.807) is 0 Å². The van der Waals surface area contributed by atoms with E-state index in [1.165, 1.54) is 12.0 Å². The number of hydrogen-bond acceptors (Lipinski definition) is 3. The number of rotatable bonds is 5. The van der Waals surface area contributed by atoms with Gasteiger partial charge in [0.25, 0.3) is 0 Å². The van der Waals surface area contributed by atoms with Crippen LogP contribution in [0.3, 0.4) is 0 Å². The molecule has 2 saturated heterocycles. The molecule has 0 bridgehead atoms. The van der Waals surface area contributed by atoms with Crippen LogP contribution in [0.4, 0.5) is 0 Å². The number of carbonyl (C=O) groups excluding carboxylic acids is 1. The zero-order valence-electron chi connectivity index (χ0n) is 15.5. The summed E-state index contributed by atoms with van der Waals surface area (Å²) in [5, 5.41) is 0. The molecule has 1 N–H and O–H groups in total. The van der Waals surface area contributed by atoms with Gasteiger partial charge in [-0.2, -0.15) is 0 Å². The molecule has 5 nitrogen and oxygen atoms in total. The summed E-state index contributed by atoms with van der Waals surface area (Å²) < 4.78 is 0. The van der Waals surface area contributed by atoms with Crippen molar-refractivity contribution in [2.75, 3.05) is 26.2 Å². The maximum atomic E-state index is 12.7. The van der Waals surface area contributed by atoms with Crippen LogP contribution in [0.5, 0.6) is 0 Å². The van der Waals surface area contributed by atoms with E-state index < -0.39 is 0 Å². The van der Waals surface area contributed by atoms with Crippen molar-refractivity contribution in [2.24, 2.45) is 11.8 Å². The Bertz CT molecular complexity index is 741. The average molecular weight is 352 g/mol. The molecule has 0 unspecified atom stereocenters. The van der Waals surface area contributed by atoms with Crippen LogP contribution in [0, 0.1) is 11.8 Å². The number of aromatic nitrogens is 2. The second-order valence-corrected chi connectivity index (χ2v) is 7.71. The van der Waals surface area contributed by atoms with Crippen LogP contribution in [-0.4, -0.2) is 51.9 Å². The number of hydrogen-bond donors (Lipinski definition) is 1. The van der Waals surface area contributed by atoms with Crippen molar-refractivity contribution in [3.05, 3.63) is 53.6 Å². The Labute approximate surface area is 155 Å². The van der Waals surface area contributed by atoms with Crippen LogP contribution in [-0.2, 0) is 24.2 Å². The lowest BCUT2D eigenvalue weighted by Crippen LogP contribution is -2.39. The van der Waals surface area contributed by atoms with Crippen LogP contribution in [0.2, 0.25) is 0 Å². The maximum Gasteiger partial charge on any atom is 0.230 e. The molecular formula is C21H28N4O. The molecular weight excluding hydrogens is 324 g/mol. The van der Waals surface area contributed by atoms with E-state index in [1.807, 2.05) is 6.20 Å². The molecule has 0 spiro atoms. The van der Waals surface area contributed by atoms with Gasteiger partial charge in [-0.1, -0.05) is 37.3 Å². The average Bonchev–Trinajstić information content (AvgIpc) is 3.28. The van der Waals surface area contributed by atoms with E-state index in [4.69, 9.17) is 0 Å². The predicted octanol–water partition coefficient (Wildman–Crippen LogP) is 2.50. The number of aromatic amines is 1. The number of imidazole rings is 1. The van der Waals surface area contributed by atoms with Crippen LogP contribution in [0.25, 0.3) is 0 Å². The quantitative estimate of drug-likeness (QED) is 0.899. The molecule has 2 aliphatic rings. The molecule has 1 aromatic heterocycles. The third-order valence-corrected chi connectivity index (χ3v) is 5.87. The lowest BCUT2D eigenvalue weighted by Gasteiger charge is -2.34. The van der Waals surface area contributed by atoms with Gasteiger partial charge in [0.05, 0.1) is 6.42 Å². The van der Waals surface area contributed by atoms with E-state index >= 15 is 0 Å². The van der Waals surface area contributed by atoms with Crippen molar-refractivity contribution in [1.29, 1.82) is 0 Å². The summed E-state index contributed by atoms with van der Waals surface area (Å²) in [6.45, 7) is 7.16. The minimum absolute atomic E-state index is 0.214. The summed E-state index contributed by atoms with van der Waals surface area (Å²) in [6, 6.07) is 10.7. The highest BCUT2D eigenvalue weighted by atomic mass is 16.2. The molecule has 0 aliphatic carbocycles. The topological polar surface area (TPSA) is 52.2 Å². The Morgan fingerprint density at radius 1 is 1.19 bits per heavy atom. The molecule has 26 heavy (non-hydrogen) atoms. The van der Waals surface area contributed by atoms with Crippen LogP contribution >= 0.6 is 0 Å². The molecule has 1 aromatic carbocycles. The Hall–Kier alpha value is -2.14. The number of piperidine rings is 1. The molecule has 138 valence electrons. The number of nitrogens with one attached hydrogen (secondary N) is 1. The van der Waals surface area contributed by atoms with Gasteiger partial charge < -0.3 is 9.88 Å². The van der Waals surface area contributed by atoms with Gasteiger partial charge in [0, 0.05) is 38.1 Å². The Morgan fingerprint density at radius 2 is 2.00 bits per heavy atom. The molecule has 3 heterocycles. The molecule has 2 aliphatic heterocycles. The van der Waals surface area contributed by atoms with Crippen LogP contribution in [0.15, 0.2) is 36.5 Å². The molecule has 2 atom stereocenters. The molecule has 0 saturated carbocycles. The fourth-order valence-electron chi connectivity index (χ4n) is 4.36. The van der Waals surface area contributed by atoms with Crippen molar-refractivity contribution in [3.63, 3.8) is 0 Å². The number of H-pyrrole nitrogens is 1. The van der Waals surface area contributed by atoms with E-state index in [9.17, 15) is 4.79 Å². The van der Waals surface area contributed by atoms with Gasteiger partial charge in [0.1, 0.15) is 5.82 Å². The van der Waals surface area contributed by atoms with E-state index in [0.29, 0.717) is 18.3 Å². The first-order chi connectivity index (χ1) is 12.7. The first-order valence-corrected chi connectivity index (χ1v) is 9.78. The summed E-state index contributed by atoms with van der Waals surface area (Å²) in [7, 11) is 0. The fraction of sp³-hybridized carbons (Fsp3) is 0.524. The molecule has 4 rings (SSSR count). The predicted molar refractivity (Wildman–Crippen MR) is 102 cm³/mol. The molecule has 2 fully saturated rings. The lowest BCUT2D eigenvalue weighted by molar-refractivity contribution is -0.129. The monoisotopic (exact) mass is 352 g/mol. The highest BCUT2D eigenvalue weighted by Crippen LogP contribution is 2.32.